The Kier molecular flexibility index (Phi) is 5.29. The van der Waals surface area contributed by atoms with Crippen LogP contribution in [0.4, 0.5) is 4.79 Å². The highest BCUT2D eigenvalue weighted by Gasteiger charge is 2.31. The molecule has 1 amide bonds. The van der Waals surface area contributed by atoms with Crippen LogP contribution in [0.5, 0.6) is 5.75 Å². The van der Waals surface area contributed by atoms with Gasteiger partial charge in [0.1, 0.15) is 11.4 Å². The highest BCUT2D eigenvalue weighted by atomic mass is 16.6. The number of ether oxygens (including phenoxy) is 1. The van der Waals surface area contributed by atoms with Gasteiger partial charge in [0.25, 0.3) is 0 Å². The molecule has 1 atom stereocenters. The fourth-order valence-electron chi connectivity index (χ4n) is 2.61. The van der Waals surface area contributed by atoms with Crippen LogP contribution in [0.25, 0.3) is 0 Å². The number of amides is 1. The molecule has 0 radical (unpaired) electrons. The van der Waals surface area contributed by atoms with Crippen molar-refractivity contribution in [3.05, 3.63) is 29.8 Å². The van der Waals surface area contributed by atoms with Gasteiger partial charge in [0.2, 0.25) is 0 Å². The first-order chi connectivity index (χ1) is 10.3. The summed E-state index contributed by atoms with van der Waals surface area (Å²) in [7, 11) is 0. The molecule has 2 rings (SSSR count). The predicted molar refractivity (Wildman–Crippen MR) is 85.8 cm³/mol. The fraction of sp³-hybridized carbons (Fsp3) is 0.588. The van der Waals surface area contributed by atoms with Gasteiger partial charge in [-0.1, -0.05) is 12.1 Å². The largest absolute Gasteiger partial charge is 0.508 e. The van der Waals surface area contributed by atoms with Gasteiger partial charge in [-0.15, -0.1) is 0 Å². The number of hydrogen-bond acceptors (Lipinski definition) is 4. The lowest BCUT2D eigenvalue weighted by Crippen LogP contribution is -2.44. The third-order valence-corrected chi connectivity index (χ3v) is 3.65. The van der Waals surface area contributed by atoms with E-state index in [1.807, 2.05) is 37.8 Å². The SMILES string of the molecule is CC(C)(C)OC(=O)N1CCCC1CNCc1ccc(O)cc1. The normalized spacial score (nSPS) is 18.5. The number of carbonyl (C=O) groups is 1. The van der Waals surface area contributed by atoms with Crippen LogP contribution >= 0.6 is 0 Å². The van der Waals surface area contributed by atoms with Crippen molar-refractivity contribution in [1.29, 1.82) is 0 Å². The van der Waals surface area contributed by atoms with E-state index < -0.39 is 5.60 Å². The van der Waals surface area contributed by atoms with E-state index in [2.05, 4.69) is 5.32 Å². The molecule has 1 unspecified atom stereocenters. The Labute approximate surface area is 132 Å². The Morgan fingerprint density at radius 1 is 1.36 bits per heavy atom. The van der Waals surface area contributed by atoms with E-state index in [-0.39, 0.29) is 17.9 Å². The van der Waals surface area contributed by atoms with Crippen molar-refractivity contribution in [3.8, 4) is 5.75 Å². The highest BCUT2D eigenvalue weighted by Crippen LogP contribution is 2.20. The van der Waals surface area contributed by atoms with Gasteiger partial charge in [-0.2, -0.15) is 0 Å². The maximum Gasteiger partial charge on any atom is 0.410 e. The standard InChI is InChI=1S/C17H26N2O3/c1-17(2,3)22-16(21)19-10-4-5-14(19)12-18-11-13-6-8-15(20)9-7-13/h6-9,14,18,20H,4-5,10-12H2,1-3H3. The second kappa shape index (κ2) is 7.01. The minimum Gasteiger partial charge on any atom is -0.508 e. The summed E-state index contributed by atoms with van der Waals surface area (Å²) in [6, 6.07) is 7.33. The lowest BCUT2D eigenvalue weighted by molar-refractivity contribution is 0.0226. The van der Waals surface area contributed by atoms with E-state index in [1.54, 1.807) is 12.1 Å². The summed E-state index contributed by atoms with van der Waals surface area (Å²) in [5.41, 5.74) is 0.656. The maximum absolute atomic E-state index is 12.2. The van der Waals surface area contributed by atoms with Gasteiger partial charge in [-0.05, 0) is 51.3 Å². The number of nitrogens with one attached hydrogen (secondary N) is 1. The van der Waals surface area contributed by atoms with Crippen LogP contribution < -0.4 is 5.32 Å². The summed E-state index contributed by atoms with van der Waals surface area (Å²) >= 11 is 0. The van der Waals surface area contributed by atoms with Crippen molar-refractivity contribution >= 4 is 6.09 Å². The van der Waals surface area contributed by atoms with Crippen LogP contribution in [0.1, 0.15) is 39.2 Å². The molecule has 2 N–H and O–H groups in total. The van der Waals surface area contributed by atoms with Gasteiger partial charge in [0.05, 0.1) is 0 Å². The van der Waals surface area contributed by atoms with Crippen LogP contribution in [-0.2, 0) is 11.3 Å². The zero-order chi connectivity index (χ0) is 16.2. The number of phenols is 1. The Bertz CT molecular complexity index is 494. The molecule has 1 fully saturated rings. The Balaban J connectivity index is 1.81. The zero-order valence-corrected chi connectivity index (χ0v) is 13.6. The van der Waals surface area contributed by atoms with Crippen LogP contribution in [0.3, 0.4) is 0 Å². The Morgan fingerprint density at radius 2 is 2.05 bits per heavy atom. The topological polar surface area (TPSA) is 61.8 Å². The first-order valence-corrected chi connectivity index (χ1v) is 7.83. The number of carbonyl (C=O) groups excluding carboxylic acids is 1. The lowest BCUT2D eigenvalue weighted by atomic mass is 10.2. The molecule has 5 nitrogen and oxygen atoms in total. The number of benzene rings is 1. The third-order valence-electron chi connectivity index (χ3n) is 3.65. The molecular formula is C17H26N2O3. The summed E-state index contributed by atoms with van der Waals surface area (Å²) < 4.78 is 5.46. The van der Waals surface area contributed by atoms with Crippen LogP contribution in [0.15, 0.2) is 24.3 Å². The molecule has 1 aromatic rings. The van der Waals surface area contributed by atoms with E-state index in [4.69, 9.17) is 4.74 Å². The monoisotopic (exact) mass is 306 g/mol. The van der Waals surface area contributed by atoms with E-state index >= 15 is 0 Å². The third kappa shape index (κ3) is 4.91. The van der Waals surface area contributed by atoms with Gasteiger partial charge in [0.15, 0.2) is 0 Å². The molecule has 0 aromatic heterocycles. The quantitative estimate of drug-likeness (QED) is 0.898. The second-order valence-corrected chi connectivity index (χ2v) is 6.77. The average Bonchev–Trinajstić information content (AvgIpc) is 2.88. The molecule has 22 heavy (non-hydrogen) atoms. The summed E-state index contributed by atoms with van der Waals surface area (Å²) in [6.45, 7) is 7.90. The summed E-state index contributed by atoms with van der Waals surface area (Å²) in [4.78, 5) is 14.0. The van der Waals surface area contributed by atoms with Gasteiger partial charge >= 0.3 is 6.09 Å². The number of nitrogens with zero attached hydrogens (tertiary/aromatic N) is 1. The predicted octanol–water partition coefficient (Wildman–Crippen LogP) is 2.88. The van der Waals surface area contributed by atoms with Gasteiger partial charge < -0.3 is 20.1 Å². The molecule has 122 valence electrons. The van der Waals surface area contributed by atoms with E-state index in [1.165, 1.54) is 0 Å². The van der Waals surface area contributed by atoms with Crippen molar-refractivity contribution < 1.29 is 14.6 Å². The lowest BCUT2D eigenvalue weighted by Gasteiger charge is -2.28. The molecule has 5 heteroatoms. The number of likely N-dealkylation sites (tertiary alicyclic amines) is 1. The molecule has 1 aliphatic rings. The summed E-state index contributed by atoms with van der Waals surface area (Å²) in [5, 5.41) is 12.6. The molecule has 1 aromatic carbocycles. The Hall–Kier alpha value is -1.75. The number of hydrogen-bond donors (Lipinski definition) is 2. The van der Waals surface area contributed by atoms with Gasteiger partial charge in [-0.25, -0.2) is 4.79 Å². The minimum absolute atomic E-state index is 0.187. The van der Waals surface area contributed by atoms with Crippen molar-refractivity contribution in [2.75, 3.05) is 13.1 Å². The van der Waals surface area contributed by atoms with Crippen molar-refractivity contribution in [3.63, 3.8) is 0 Å². The van der Waals surface area contributed by atoms with Gasteiger partial charge in [0, 0.05) is 25.7 Å². The number of phenolic OH excluding ortho intramolecular Hbond substituents is 1. The van der Waals surface area contributed by atoms with E-state index in [9.17, 15) is 9.90 Å². The van der Waals surface area contributed by atoms with E-state index in [0.717, 1.165) is 38.0 Å². The molecule has 0 bridgehead atoms. The first-order valence-electron chi connectivity index (χ1n) is 7.83. The van der Waals surface area contributed by atoms with Crippen molar-refractivity contribution in [1.82, 2.24) is 10.2 Å². The van der Waals surface area contributed by atoms with Gasteiger partial charge in [-0.3, -0.25) is 0 Å². The number of aromatic hydroxyl groups is 1. The first kappa shape index (κ1) is 16.6. The van der Waals surface area contributed by atoms with Crippen LogP contribution in [0.2, 0.25) is 0 Å². The van der Waals surface area contributed by atoms with Crippen molar-refractivity contribution in [2.45, 2.75) is 51.8 Å². The molecule has 0 spiro atoms. The molecule has 1 heterocycles. The molecular weight excluding hydrogens is 280 g/mol. The zero-order valence-electron chi connectivity index (χ0n) is 13.6. The Morgan fingerprint density at radius 3 is 2.68 bits per heavy atom. The maximum atomic E-state index is 12.2. The van der Waals surface area contributed by atoms with E-state index in [0.29, 0.717) is 0 Å². The molecule has 0 aliphatic carbocycles. The fourth-order valence-corrected chi connectivity index (χ4v) is 2.61. The second-order valence-electron chi connectivity index (χ2n) is 6.77. The molecule has 1 aliphatic heterocycles. The van der Waals surface area contributed by atoms with Crippen LogP contribution in [-0.4, -0.2) is 40.8 Å². The molecule has 0 saturated carbocycles. The summed E-state index contributed by atoms with van der Waals surface area (Å²) in [6.07, 6.45) is 1.80. The molecule has 1 saturated heterocycles. The van der Waals surface area contributed by atoms with Crippen molar-refractivity contribution in [2.24, 2.45) is 0 Å². The smallest absolute Gasteiger partial charge is 0.410 e. The highest BCUT2D eigenvalue weighted by molar-refractivity contribution is 5.69. The van der Waals surface area contributed by atoms with Crippen LogP contribution in [0, 0.1) is 0 Å². The minimum atomic E-state index is -0.455. The number of rotatable bonds is 4. The average molecular weight is 306 g/mol. The summed E-state index contributed by atoms with van der Waals surface area (Å²) in [5.74, 6) is 0.274.